The monoisotopic (exact) mass is 423 g/mol. The van der Waals surface area contributed by atoms with E-state index in [1.807, 2.05) is 72.8 Å². The van der Waals surface area contributed by atoms with Gasteiger partial charge in [0.25, 0.3) is 5.91 Å². The Kier molecular flexibility index (Phi) is 4.86. The molecule has 1 aliphatic rings. The molecule has 0 saturated carbocycles. The number of ketones is 1. The fourth-order valence-corrected chi connectivity index (χ4v) is 4.17. The first-order valence-electron chi connectivity index (χ1n) is 10.5. The van der Waals surface area contributed by atoms with Gasteiger partial charge < -0.3 is 9.52 Å². The van der Waals surface area contributed by atoms with E-state index in [1.54, 1.807) is 12.1 Å². The molecule has 32 heavy (non-hydrogen) atoms. The Labute approximate surface area is 185 Å². The number of fused-ring (bicyclic) bond motifs is 1. The smallest absolute Gasteiger partial charge is 0.294 e. The van der Waals surface area contributed by atoms with E-state index in [4.69, 9.17) is 4.42 Å². The van der Waals surface area contributed by atoms with Crippen molar-refractivity contribution in [3.05, 3.63) is 113 Å². The van der Waals surface area contributed by atoms with Gasteiger partial charge >= 0.3 is 0 Å². The second-order valence-corrected chi connectivity index (χ2v) is 7.75. The topological polar surface area (TPSA) is 70.8 Å². The molecule has 0 bridgehead atoms. The summed E-state index contributed by atoms with van der Waals surface area (Å²) in [5.74, 6) is -1.58. The molecule has 5 nitrogen and oxygen atoms in total. The number of rotatable bonds is 5. The van der Waals surface area contributed by atoms with Crippen molar-refractivity contribution in [3.8, 4) is 0 Å². The van der Waals surface area contributed by atoms with E-state index >= 15 is 0 Å². The van der Waals surface area contributed by atoms with Gasteiger partial charge in [0.15, 0.2) is 11.5 Å². The standard InChI is InChI=1S/C27H21NO4/c1-2-17-12-14-20(15-13-17)28-24(18-8-4-3-5-9-18)23(26(30)27(28)31)25(29)22-16-19-10-6-7-11-21(19)32-22/h3-16,24,30H,2H2,1H3. The van der Waals surface area contributed by atoms with Crippen molar-refractivity contribution in [1.82, 2.24) is 0 Å². The van der Waals surface area contributed by atoms with Crippen molar-refractivity contribution in [2.75, 3.05) is 4.90 Å². The number of anilines is 1. The highest BCUT2D eigenvalue weighted by atomic mass is 16.3. The molecular formula is C27H21NO4. The molecule has 0 radical (unpaired) electrons. The average Bonchev–Trinajstić information content (AvgIpc) is 3.38. The minimum atomic E-state index is -0.767. The van der Waals surface area contributed by atoms with Gasteiger partial charge in [0.1, 0.15) is 5.58 Å². The third-order valence-electron chi connectivity index (χ3n) is 5.84. The number of hydrogen-bond acceptors (Lipinski definition) is 4. The van der Waals surface area contributed by atoms with Crippen LogP contribution >= 0.6 is 0 Å². The number of furan rings is 1. The fourth-order valence-electron chi connectivity index (χ4n) is 4.17. The first-order chi connectivity index (χ1) is 15.6. The van der Waals surface area contributed by atoms with Gasteiger partial charge in [-0.05, 0) is 41.8 Å². The van der Waals surface area contributed by atoms with Crippen LogP contribution in [0.1, 0.15) is 34.6 Å². The van der Waals surface area contributed by atoms with Crippen LogP contribution in [0.5, 0.6) is 0 Å². The number of aliphatic hydroxyl groups is 1. The summed E-state index contributed by atoms with van der Waals surface area (Å²) in [5.41, 5.74) is 3.06. The van der Waals surface area contributed by atoms with Gasteiger partial charge in [0, 0.05) is 11.1 Å². The van der Waals surface area contributed by atoms with E-state index in [0.29, 0.717) is 11.3 Å². The predicted molar refractivity (Wildman–Crippen MR) is 123 cm³/mol. The quantitative estimate of drug-likeness (QED) is 0.413. The Morgan fingerprint density at radius 1 is 0.969 bits per heavy atom. The van der Waals surface area contributed by atoms with Crippen LogP contribution in [0.2, 0.25) is 0 Å². The zero-order valence-electron chi connectivity index (χ0n) is 17.5. The van der Waals surface area contributed by atoms with E-state index in [2.05, 4.69) is 6.92 Å². The Balaban J connectivity index is 1.64. The predicted octanol–water partition coefficient (Wildman–Crippen LogP) is 5.78. The summed E-state index contributed by atoms with van der Waals surface area (Å²) in [6.45, 7) is 2.06. The average molecular weight is 423 g/mol. The lowest BCUT2D eigenvalue weighted by Gasteiger charge is -2.27. The zero-order chi connectivity index (χ0) is 22.2. The van der Waals surface area contributed by atoms with E-state index in [0.717, 1.165) is 22.9 Å². The molecule has 0 spiro atoms. The minimum absolute atomic E-state index is 0.0137. The molecule has 1 N–H and O–H groups in total. The van der Waals surface area contributed by atoms with Crippen molar-refractivity contribution in [2.45, 2.75) is 19.4 Å². The maximum absolute atomic E-state index is 13.5. The molecule has 158 valence electrons. The number of para-hydroxylation sites is 1. The highest BCUT2D eigenvalue weighted by molar-refractivity contribution is 6.20. The second-order valence-electron chi connectivity index (χ2n) is 7.75. The van der Waals surface area contributed by atoms with Crippen molar-refractivity contribution in [1.29, 1.82) is 0 Å². The van der Waals surface area contributed by atoms with Crippen LogP contribution in [-0.2, 0) is 11.2 Å². The zero-order valence-corrected chi connectivity index (χ0v) is 17.5. The molecule has 0 fully saturated rings. The SMILES string of the molecule is CCc1ccc(N2C(=O)C(O)=C(C(=O)c3cc4ccccc4o3)C2c2ccccc2)cc1. The fraction of sp³-hybridized carbons (Fsp3) is 0.111. The third kappa shape index (κ3) is 3.19. The molecule has 1 unspecified atom stereocenters. The number of aliphatic hydroxyl groups excluding tert-OH is 1. The van der Waals surface area contributed by atoms with Crippen LogP contribution in [0.25, 0.3) is 11.0 Å². The summed E-state index contributed by atoms with van der Waals surface area (Å²) < 4.78 is 5.76. The van der Waals surface area contributed by atoms with Crippen molar-refractivity contribution < 1.29 is 19.1 Å². The summed E-state index contributed by atoms with van der Waals surface area (Å²) in [6.07, 6.45) is 0.871. The van der Waals surface area contributed by atoms with Gasteiger partial charge in [-0.1, -0.05) is 67.6 Å². The van der Waals surface area contributed by atoms with E-state index < -0.39 is 23.5 Å². The Morgan fingerprint density at radius 2 is 1.66 bits per heavy atom. The lowest BCUT2D eigenvalue weighted by molar-refractivity contribution is -0.117. The molecule has 1 aliphatic heterocycles. The first-order valence-corrected chi connectivity index (χ1v) is 10.5. The molecular weight excluding hydrogens is 402 g/mol. The Hall–Kier alpha value is -4.12. The van der Waals surface area contributed by atoms with Gasteiger partial charge in [-0.25, -0.2) is 0 Å². The van der Waals surface area contributed by atoms with Gasteiger partial charge in [-0.2, -0.15) is 0 Å². The first kappa shape index (κ1) is 19.8. The van der Waals surface area contributed by atoms with Crippen LogP contribution in [0.4, 0.5) is 5.69 Å². The molecule has 4 aromatic rings. The molecule has 1 aromatic heterocycles. The largest absolute Gasteiger partial charge is 0.503 e. The van der Waals surface area contributed by atoms with Crippen LogP contribution in [-0.4, -0.2) is 16.8 Å². The normalized spacial score (nSPS) is 16.2. The van der Waals surface area contributed by atoms with Crippen molar-refractivity contribution in [2.24, 2.45) is 0 Å². The van der Waals surface area contributed by atoms with Gasteiger partial charge in [0.05, 0.1) is 11.6 Å². The van der Waals surface area contributed by atoms with Gasteiger partial charge in [0.2, 0.25) is 5.78 Å². The van der Waals surface area contributed by atoms with Crippen molar-refractivity contribution in [3.63, 3.8) is 0 Å². The number of amides is 1. The molecule has 5 rings (SSSR count). The summed E-state index contributed by atoms with van der Waals surface area (Å²) in [4.78, 5) is 28.2. The molecule has 3 aromatic carbocycles. The lowest BCUT2D eigenvalue weighted by Crippen LogP contribution is -2.31. The van der Waals surface area contributed by atoms with Crippen LogP contribution in [0, 0.1) is 0 Å². The van der Waals surface area contributed by atoms with Crippen LogP contribution < -0.4 is 4.90 Å². The highest BCUT2D eigenvalue weighted by Crippen LogP contribution is 2.42. The number of Topliss-reactive ketones (excluding diaryl/α,β-unsaturated/α-hetero) is 1. The second kappa shape index (κ2) is 7.85. The number of benzene rings is 3. The highest BCUT2D eigenvalue weighted by Gasteiger charge is 2.45. The van der Waals surface area contributed by atoms with Crippen molar-refractivity contribution >= 4 is 28.3 Å². The third-order valence-corrected chi connectivity index (χ3v) is 5.84. The number of carbonyl (C=O) groups is 2. The minimum Gasteiger partial charge on any atom is -0.503 e. The van der Waals surface area contributed by atoms with Crippen LogP contribution in [0.3, 0.4) is 0 Å². The van der Waals surface area contributed by atoms with E-state index in [1.165, 1.54) is 4.90 Å². The molecule has 5 heteroatoms. The van der Waals surface area contributed by atoms with E-state index in [-0.39, 0.29) is 11.3 Å². The summed E-state index contributed by atoms with van der Waals surface area (Å²) in [5, 5.41) is 11.6. The van der Waals surface area contributed by atoms with E-state index in [9.17, 15) is 14.7 Å². The molecule has 1 atom stereocenters. The maximum Gasteiger partial charge on any atom is 0.294 e. The Morgan fingerprint density at radius 3 is 2.34 bits per heavy atom. The lowest BCUT2D eigenvalue weighted by atomic mass is 9.94. The molecule has 0 aliphatic carbocycles. The molecule has 1 amide bonds. The maximum atomic E-state index is 13.5. The van der Waals surface area contributed by atoms with Gasteiger partial charge in [-0.3, -0.25) is 14.5 Å². The molecule has 0 saturated heterocycles. The molecule has 2 heterocycles. The number of carbonyl (C=O) groups excluding carboxylic acids is 2. The van der Waals surface area contributed by atoms with Crippen LogP contribution in [0.15, 0.2) is 101 Å². The number of nitrogens with zero attached hydrogens (tertiary/aromatic N) is 1. The number of aryl methyl sites for hydroxylation is 1. The number of hydrogen-bond donors (Lipinski definition) is 1. The summed E-state index contributed by atoms with van der Waals surface area (Å²) in [6, 6.07) is 25.0. The summed E-state index contributed by atoms with van der Waals surface area (Å²) >= 11 is 0. The Bertz CT molecular complexity index is 1320. The van der Waals surface area contributed by atoms with Gasteiger partial charge in [-0.15, -0.1) is 0 Å². The summed E-state index contributed by atoms with van der Waals surface area (Å²) in [7, 11) is 0.